The molecule has 0 bridgehead atoms. The Balaban J connectivity index is 1.82. The number of rotatable bonds is 7. The highest BCUT2D eigenvalue weighted by atomic mass is 16.7. The Labute approximate surface area is 188 Å². The second-order valence-corrected chi connectivity index (χ2v) is 7.25. The van der Waals surface area contributed by atoms with Crippen molar-refractivity contribution in [2.45, 2.75) is 30.7 Å². The Morgan fingerprint density at radius 1 is 1.03 bits per heavy atom. The van der Waals surface area contributed by atoms with Crippen molar-refractivity contribution in [3.63, 3.8) is 0 Å². The third-order valence-corrected chi connectivity index (χ3v) is 5.08. The lowest BCUT2D eigenvalue weighted by Crippen LogP contribution is -2.60. The predicted molar refractivity (Wildman–Crippen MR) is 112 cm³/mol. The van der Waals surface area contributed by atoms with E-state index in [2.05, 4.69) is 0 Å². The smallest absolute Gasteiger partial charge is 0.229 e. The molecule has 1 saturated heterocycles. The van der Waals surface area contributed by atoms with E-state index < -0.39 is 48.8 Å². The van der Waals surface area contributed by atoms with Crippen LogP contribution in [0.25, 0.3) is 6.08 Å². The van der Waals surface area contributed by atoms with Gasteiger partial charge in [-0.05, 0) is 35.9 Å². The van der Waals surface area contributed by atoms with Crippen LogP contribution < -0.4 is 9.47 Å². The third kappa shape index (κ3) is 5.02. The molecular weight excluding hydrogens is 440 g/mol. The van der Waals surface area contributed by atoms with Crippen molar-refractivity contribution in [3.05, 3.63) is 47.5 Å². The number of aliphatic hydroxyl groups excluding tert-OH is 4. The molecule has 5 atom stereocenters. The van der Waals surface area contributed by atoms with Gasteiger partial charge in [-0.3, -0.25) is 4.79 Å². The molecule has 0 saturated carbocycles. The Kier molecular flexibility index (Phi) is 7.41. The van der Waals surface area contributed by atoms with Crippen LogP contribution in [0.15, 0.2) is 36.4 Å². The number of benzene rings is 2. The van der Waals surface area contributed by atoms with Crippen molar-refractivity contribution in [3.8, 4) is 28.7 Å². The lowest BCUT2D eigenvalue weighted by Gasteiger charge is -2.39. The zero-order valence-corrected chi connectivity index (χ0v) is 17.4. The van der Waals surface area contributed by atoms with Crippen molar-refractivity contribution in [2.24, 2.45) is 0 Å². The number of hydrogen-bond acceptors (Lipinski definition) is 11. The molecule has 0 unspecified atom stereocenters. The molecule has 1 aliphatic heterocycles. The fraction of sp³-hybridized carbons (Fsp3) is 0.318. The minimum Gasteiger partial charge on any atom is -0.504 e. The molecule has 3 rings (SSSR count). The molecule has 0 aliphatic carbocycles. The van der Waals surface area contributed by atoms with Gasteiger partial charge in [0.05, 0.1) is 19.3 Å². The van der Waals surface area contributed by atoms with Crippen LogP contribution in [-0.4, -0.2) is 86.0 Å². The van der Waals surface area contributed by atoms with Gasteiger partial charge in [0.15, 0.2) is 28.8 Å². The molecule has 178 valence electrons. The molecule has 11 nitrogen and oxygen atoms in total. The van der Waals surface area contributed by atoms with Crippen LogP contribution in [-0.2, 0) is 4.74 Å². The molecule has 0 amide bonds. The molecule has 1 heterocycles. The van der Waals surface area contributed by atoms with Crippen LogP contribution in [0.4, 0.5) is 0 Å². The number of aliphatic hydroxyl groups is 4. The quantitative estimate of drug-likeness (QED) is 0.165. The fourth-order valence-corrected chi connectivity index (χ4v) is 3.24. The van der Waals surface area contributed by atoms with E-state index in [0.29, 0.717) is 5.56 Å². The molecule has 2 aromatic carbocycles. The fourth-order valence-electron chi connectivity index (χ4n) is 3.24. The van der Waals surface area contributed by atoms with Gasteiger partial charge in [-0.2, -0.15) is 0 Å². The summed E-state index contributed by atoms with van der Waals surface area (Å²) in [5.41, 5.74) is 0.278. The normalized spacial score (nSPS) is 25.2. The molecule has 0 spiro atoms. The molecule has 7 N–H and O–H groups in total. The highest BCUT2D eigenvalue weighted by molar-refractivity contribution is 6.09. The summed E-state index contributed by atoms with van der Waals surface area (Å²) in [5, 5.41) is 68.6. The summed E-state index contributed by atoms with van der Waals surface area (Å²) < 4.78 is 15.9. The summed E-state index contributed by atoms with van der Waals surface area (Å²) >= 11 is 0. The van der Waals surface area contributed by atoms with Crippen LogP contribution in [0.2, 0.25) is 0 Å². The SMILES string of the molecule is COc1c(O[C@@H]2O[C@H](CO)[C@@H](O)[C@@H](O)[C@H]2O)ccc(C(=O)/C=C/c2ccc(O)c(O)c2)c1O. The van der Waals surface area contributed by atoms with Crippen molar-refractivity contribution < 1.29 is 54.8 Å². The highest BCUT2D eigenvalue weighted by Crippen LogP contribution is 2.41. The Hall–Kier alpha value is -3.35. The maximum atomic E-state index is 12.6. The number of aromatic hydroxyl groups is 3. The Morgan fingerprint density at radius 3 is 2.39 bits per heavy atom. The van der Waals surface area contributed by atoms with Crippen molar-refractivity contribution in [1.29, 1.82) is 0 Å². The second kappa shape index (κ2) is 10.1. The maximum absolute atomic E-state index is 12.6. The second-order valence-electron chi connectivity index (χ2n) is 7.25. The largest absolute Gasteiger partial charge is 0.504 e. The van der Waals surface area contributed by atoms with E-state index in [1.54, 1.807) is 0 Å². The van der Waals surface area contributed by atoms with Gasteiger partial charge >= 0.3 is 0 Å². The summed E-state index contributed by atoms with van der Waals surface area (Å²) in [6.45, 7) is -0.647. The van der Waals surface area contributed by atoms with Gasteiger partial charge in [-0.1, -0.05) is 12.1 Å². The summed E-state index contributed by atoms with van der Waals surface area (Å²) in [7, 11) is 1.21. The summed E-state index contributed by atoms with van der Waals surface area (Å²) in [4.78, 5) is 12.6. The molecule has 2 aromatic rings. The standard InChI is InChI=1S/C22H24O11/c1-31-21-15(32-22-20(30)19(29)18(28)16(9-23)33-22)7-4-11(17(21)27)12(24)5-2-10-3-6-13(25)14(26)8-10/h2-8,16,18-20,22-23,25-30H,9H2,1H3/b5-2+/t16-,18-,19-,20-,22-/m1/s1. The van der Waals surface area contributed by atoms with Crippen molar-refractivity contribution in [1.82, 2.24) is 0 Å². The first kappa shape index (κ1) is 24.3. The number of phenolic OH excluding ortho intramolecular Hbond substituents is 3. The summed E-state index contributed by atoms with van der Waals surface area (Å²) in [5.74, 6) is -2.24. The average molecular weight is 464 g/mol. The number of methoxy groups -OCH3 is 1. The number of phenols is 3. The van der Waals surface area contributed by atoms with Gasteiger partial charge in [0, 0.05) is 0 Å². The Bertz CT molecular complexity index is 1030. The van der Waals surface area contributed by atoms with E-state index in [0.717, 1.165) is 6.08 Å². The highest BCUT2D eigenvalue weighted by Gasteiger charge is 2.45. The third-order valence-electron chi connectivity index (χ3n) is 5.08. The summed E-state index contributed by atoms with van der Waals surface area (Å²) in [6.07, 6.45) is -5.12. The van der Waals surface area contributed by atoms with Crippen LogP contribution in [0.3, 0.4) is 0 Å². The van der Waals surface area contributed by atoms with Gasteiger partial charge < -0.3 is 50.0 Å². The van der Waals surface area contributed by atoms with Crippen molar-refractivity contribution in [2.75, 3.05) is 13.7 Å². The van der Waals surface area contributed by atoms with Crippen molar-refractivity contribution >= 4 is 11.9 Å². The van der Waals surface area contributed by atoms with Crippen LogP contribution in [0.1, 0.15) is 15.9 Å². The number of allylic oxidation sites excluding steroid dienone is 1. The molecule has 1 fully saturated rings. The summed E-state index contributed by atoms with van der Waals surface area (Å²) in [6, 6.07) is 6.48. The van der Waals surface area contributed by atoms with Gasteiger partial charge in [-0.25, -0.2) is 0 Å². The molecule has 0 aromatic heterocycles. The molecule has 11 heteroatoms. The van der Waals surface area contributed by atoms with E-state index in [-0.39, 0.29) is 28.6 Å². The minimum absolute atomic E-state index is 0.136. The lowest BCUT2D eigenvalue weighted by molar-refractivity contribution is -0.277. The number of ketones is 1. The first-order chi connectivity index (χ1) is 15.7. The van der Waals surface area contributed by atoms with E-state index in [1.807, 2.05) is 0 Å². The zero-order chi connectivity index (χ0) is 24.3. The van der Waals surface area contributed by atoms with Crippen LogP contribution in [0, 0.1) is 0 Å². The topological polar surface area (TPSA) is 186 Å². The predicted octanol–water partition coefficient (Wildman–Crippen LogP) is -0.113. The van der Waals surface area contributed by atoms with Gasteiger partial charge in [-0.15, -0.1) is 0 Å². The monoisotopic (exact) mass is 464 g/mol. The number of carbonyl (C=O) groups is 1. The average Bonchev–Trinajstić information content (AvgIpc) is 2.80. The van der Waals surface area contributed by atoms with E-state index in [9.17, 15) is 40.5 Å². The van der Waals surface area contributed by atoms with E-state index >= 15 is 0 Å². The molecule has 0 radical (unpaired) electrons. The van der Waals surface area contributed by atoms with Gasteiger partial charge in [0.1, 0.15) is 24.4 Å². The Morgan fingerprint density at radius 2 is 1.76 bits per heavy atom. The van der Waals surface area contributed by atoms with Crippen LogP contribution in [0.5, 0.6) is 28.7 Å². The first-order valence-electron chi connectivity index (χ1n) is 9.79. The number of hydrogen-bond donors (Lipinski definition) is 7. The molecule has 1 aliphatic rings. The minimum atomic E-state index is -1.68. The van der Waals surface area contributed by atoms with Gasteiger partial charge in [0.25, 0.3) is 0 Å². The maximum Gasteiger partial charge on any atom is 0.229 e. The van der Waals surface area contributed by atoms with Gasteiger partial charge in [0.2, 0.25) is 12.0 Å². The number of carbonyl (C=O) groups excluding carboxylic acids is 1. The van der Waals surface area contributed by atoms with E-state index in [4.69, 9.17) is 14.2 Å². The van der Waals surface area contributed by atoms with E-state index in [1.165, 1.54) is 43.5 Å². The van der Waals surface area contributed by atoms with Crippen LogP contribution >= 0.6 is 0 Å². The molecule has 33 heavy (non-hydrogen) atoms. The first-order valence-corrected chi connectivity index (χ1v) is 9.79. The lowest BCUT2D eigenvalue weighted by atomic mass is 9.99. The zero-order valence-electron chi connectivity index (χ0n) is 17.4. The number of ether oxygens (including phenoxy) is 3. The molecular formula is C22H24O11.